The number of nitrogens with one attached hydrogen (secondary N) is 1. The van der Waals surface area contributed by atoms with Crippen LogP contribution in [0.3, 0.4) is 0 Å². The molecule has 0 fully saturated rings. The number of aromatic nitrogens is 1. The number of carbonyl (C=O) groups is 2. The number of rotatable bonds is 4. The molecule has 0 atom stereocenters. The molecule has 0 aliphatic heterocycles. The van der Waals surface area contributed by atoms with Crippen molar-refractivity contribution < 1.29 is 9.59 Å². The molecule has 0 aliphatic rings. The van der Waals surface area contributed by atoms with E-state index in [1.807, 2.05) is 12.1 Å². The van der Waals surface area contributed by atoms with E-state index in [1.54, 1.807) is 48.6 Å². The van der Waals surface area contributed by atoms with Crippen molar-refractivity contribution in [3.63, 3.8) is 0 Å². The zero-order valence-corrected chi connectivity index (χ0v) is 11.6. The molecule has 0 radical (unpaired) electrons. The lowest BCUT2D eigenvalue weighted by Crippen LogP contribution is -2.26. The number of carbonyl (C=O) groups excluding carboxylic acids is 2. The zero-order chi connectivity index (χ0) is 15.2. The van der Waals surface area contributed by atoms with E-state index in [1.165, 1.54) is 0 Å². The molecular formula is C15H16N4O2. The van der Waals surface area contributed by atoms with Crippen molar-refractivity contribution in [1.82, 2.24) is 9.88 Å². The smallest absolute Gasteiger partial charge is 0.316 e. The van der Waals surface area contributed by atoms with E-state index >= 15 is 0 Å². The molecule has 6 nitrogen and oxygen atoms in total. The predicted molar refractivity (Wildman–Crippen MR) is 79.7 cm³/mol. The maximum Gasteiger partial charge on any atom is 0.316 e. The lowest BCUT2D eigenvalue weighted by Gasteiger charge is -2.17. The molecule has 1 aromatic heterocycles. The highest BCUT2D eigenvalue weighted by atomic mass is 16.2. The van der Waals surface area contributed by atoms with Crippen LogP contribution < -0.4 is 11.1 Å². The van der Waals surface area contributed by atoms with Gasteiger partial charge in [0.05, 0.1) is 0 Å². The SMILES string of the molecule is CN(Cc1cccnc1)C(=O)c1cccc(NC(N)=O)c1. The fraction of sp³-hybridized carbons (Fsp3) is 0.133. The van der Waals surface area contributed by atoms with Gasteiger partial charge in [-0.2, -0.15) is 0 Å². The third-order valence-electron chi connectivity index (χ3n) is 2.87. The maximum atomic E-state index is 12.3. The number of pyridine rings is 1. The highest BCUT2D eigenvalue weighted by Crippen LogP contribution is 2.13. The lowest BCUT2D eigenvalue weighted by molar-refractivity contribution is 0.0785. The fourth-order valence-corrected chi connectivity index (χ4v) is 1.93. The topological polar surface area (TPSA) is 88.3 Å². The molecule has 0 bridgehead atoms. The Morgan fingerprint density at radius 2 is 2.10 bits per heavy atom. The number of anilines is 1. The summed E-state index contributed by atoms with van der Waals surface area (Å²) < 4.78 is 0. The highest BCUT2D eigenvalue weighted by Gasteiger charge is 2.12. The van der Waals surface area contributed by atoms with Crippen LogP contribution in [0.2, 0.25) is 0 Å². The fourth-order valence-electron chi connectivity index (χ4n) is 1.93. The van der Waals surface area contributed by atoms with Crippen LogP contribution in [0.15, 0.2) is 48.8 Å². The van der Waals surface area contributed by atoms with E-state index in [0.29, 0.717) is 17.8 Å². The van der Waals surface area contributed by atoms with Crippen molar-refractivity contribution in [1.29, 1.82) is 0 Å². The summed E-state index contributed by atoms with van der Waals surface area (Å²) in [5.41, 5.74) is 6.97. The normalized spacial score (nSPS) is 9.95. The van der Waals surface area contributed by atoms with Crippen LogP contribution in [0, 0.1) is 0 Å². The Labute approximate surface area is 122 Å². The van der Waals surface area contributed by atoms with Gasteiger partial charge < -0.3 is 16.0 Å². The Morgan fingerprint density at radius 3 is 2.76 bits per heavy atom. The van der Waals surface area contributed by atoms with Crippen LogP contribution in [-0.2, 0) is 6.54 Å². The van der Waals surface area contributed by atoms with Gasteiger partial charge in [-0.25, -0.2) is 4.79 Å². The van der Waals surface area contributed by atoms with E-state index in [-0.39, 0.29) is 5.91 Å². The molecule has 0 saturated carbocycles. The maximum absolute atomic E-state index is 12.3. The Hall–Kier alpha value is -2.89. The number of hydrogen-bond acceptors (Lipinski definition) is 3. The minimum atomic E-state index is -0.664. The van der Waals surface area contributed by atoms with Crippen LogP contribution in [0.5, 0.6) is 0 Å². The first-order valence-corrected chi connectivity index (χ1v) is 6.37. The first-order chi connectivity index (χ1) is 10.1. The summed E-state index contributed by atoms with van der Waals surface area (Å²) in [5.74, 6) is -0.146. The van der Waals surface area contributed by atoms with Crippen molar-refractivity contribution >= 4 is 17.6 Å². The number of primary amides is 1. The summed E-state index contributed by atoms with van der Waals surface area (Å²) in [4.78, 5) is 28.8. The average molecular weight is 284 g/mol. The van der Waals surface area contributed by atoms with Gasteiger partial charge in [0.1, 0.15) is 0 Å². The average Bonchev–Trinajstić information content (AvgIpc) is 2.47. The molecule has 1 aromatic carbocycles. The Morgan fingerprint density at radius 1 is 1.29 bits per heavy atom. The van der Waals surface area contributed by atoms with Crippen LogP contribution >= 0.6 is 0 Å². The molecule has 0 aliphatic carbocycles. The van der Waals surface area contributed by atoms with Crippen molar-refractivity contribution in [2.75, 3.05) is 12.4 Å². The molecule has 0 unspecified atom stereocenters. The summed E-state index contributed by atoms with van der Waals surface area (Å²) in [6.07, 6.45) is 3.40. The first kappa shape index (κ1) is 14.5. The predicted octanol–water partition coefficient (Wildman–Crippen LogP) is 1.84. The third kappa shape index (κ3) is 4.04. The Kier molecular flexibility index (Phi) is 4.50. The highest BCUT2D eigenvalue weighted by molar-refractivity contribution is 5.96. The van der Waals surface area contributed by atoms with Gasteiger partial charge in [-0.05, 0) is 29.8 Å². The van der Waals surface area contributed by atoms with Crippen molar-refractivity contribution in [3.05, 3.63) is 59.9 Å². The van der Waals surface area contributed by atoms with Gasteiger partial charge in [0, 0.05) is 37.2 Å². The van der Waals surface area contributed by atoms with Gasteiger partial charge in [0.25, 0.3) is 5.91 Å². The van der Waals surface area contributed by atoms with Crippen LogP contribution in [0.4, 0.5) is 10.5 Å². The number of amides is 3. The molecule has 6 heteroatoms. The van der Waals surface area contributed by atoms with E-state index in [2.05, 4.69) is 10.3 Å². The van der Waals surface area contributed by atoms with E-state index in [4.69, 9.17) is 5.73 Å². The molecule has 1 heterocycles. The third-order valence-corrected chi connectivity index (χ3v) is 2.87. The molecule has 2 aromatic rings. The molecule has 3 amide bonds. The van der Waals surface area contributed by atoms with Gasteiger partial charge in [-0.15, -0.1) is 0 Å². The summed E-state index contributed by atoms with van der Waals surface area (Å²) in [6, 6.07) is 9.70. The second-order valence-electron chi connectivity index (χ2n) is 4.59. The van der Waals surface area contributed by atoms with Gasteiger partial charge in [-0.3, -0.25) is 9.78 Å². The quantitative estimate of drug-likeness (QED) is 0.898. The van der Waals surface area contributed by atoms with Gasteiger partial charge >= 0.3 is 6.03 Å². The van der Waals surface area contributed by atoms with E-state index in [9.17, 15) is 9.59 Å². The van der Waals surface area contributed by atoms with Crippen LogP contribution in [0.25, 0.3) is 0 Å². The Bertz CT molecular complexity index is 643. The molecule has 108 valence electrons. The molecule has 3 N–H and O–H groups in total. The Balaban J connectivity index is 2.10. The zero-order valence-electron chi connectivity index (χ0n) is 11.6. The summed E-state index contributed by atoms with van der Waals surface area (Å²) >= 11 is 0. The molecule has 0 spiro atoms. The largest absolute Gasteiger partial charge is 0.351 e. The van der Waals surface area contributed by atoms with E-state index < -0.39 is 6.03 Å². The summed E-state index contributed by atoms with van der Waals surface area (Å²) in [7, 11) is 1.71. The van der Waals surface area contributed by atoms with Crippen molar-refractivity contribution in [2.45, 2.75) is 6.54 Å². The van der Waals surface area contributed by atoms with Crippen molar-refractivity contribution in [2.24, 2.45) is 5.73 Å². The van der Waals surface area contributed by atoms with Gasteiger partial charge in [0.15, 0.2) is 0 Å². The van der Waals surface area contributed by atoms with Crippen LogP contribution in [0.1, 0.15) is 15.9 Å². The van der Waals surface area contributed by atoms with Crippen molar-refractivity contribution in [3.8, 4) is 0 Å². The summed E-state index contributed by atoms with van der Waals surface area (Å²) in [5, 5.41) is 2.45. The number of nitrogens with two attached hydrogens (primary N) is 1. The molecule has 2 rings (SSSR count). The van der Waals surface area contributed by atoms with Gasteiger partial charge in [0.2, 0.25) is 0 Å². The second kappa shape index (κ2) is 6.51. The summed E-state index contributed by atoms with van der Waals surface area (Å²) in [6.45, 7) is 0.458. The number of hydrogen-bond donors (Lipinski definition) is 2. The first-order valence-electron chi connectivity index (χ1n) is 6.37. The van der Waals surface area contributed by atoms with Crippen LogP contribution in [-0.4, -0.2) is 28.9 Å². The molecule has 0 saturated heterocycles. The second-order valence-corrected chi connectivity index (χ2v) is 4.59. The monoisotopic (exact) mass is 284 g/mol. The number of urea groups is 1. The lowest BCUT2D eigenvalue weighted by atomic mass is 10.1. The van der Waals surface area contributed by atoms with E-state index in [0.717, 1.165) is 5.56 Å². The van der Waals surface area contributed by atoms with Gasteiger partial charge in [-0.1, -0.05) is 12.1 Å². The molecule has 21 heavy (non-hydrogen) atoms. The number of nitrogens with zero attached hydrogens (tertiary/aromatic N) is 2. The standard InChI is InChI=1S/C15H16N4O2/c1-19(10-11-4-3-7-17-9-11)14(20)12-5-2-6-13(8-12)18-15(16)21/h2-9H,10H2,1H3,(H3,16,18,21). The molecular weight excluding hydrogens is 268 g/mol. The number of benzene rings is 1. The minimum Gasteiger partial charge on any atom is -0.351 e. The minimum absolute atomic E-state index is 0.146.